The largest absolute Gasteiger partial charge is 0.450 e. The third-order valence-corrected chi connectivity index (χ3v) is 2.42. The maximum absolute atomic E-state index is 11.3. The van der Waals surface area contributed by atoms with Gasteiger partial charge in [0.1, 0.15) is 0 Å². The van der Waals surface area contributed by atoms with Gasteiger partial charge in [0, 0.05) is 6.04 Å². The summed E-state index contributed by atoms with van der Waals surface area (Å²) in [4.78, 5) is 11.3. The topological polar surface area (TPSA) is 38.3 Å². The molecule has 1 aromatic carbocycles. The Labute approximate surface area is 96.8 Å². The zero-order valence-electron chi connectivity index (χ0n) is 9.90. The summed E-state index contributed by atoms with van der Waals surface area (Å²) in [7, 11) is 0. The highest BCUT2D eigenvalue weighted by Crippen LogP contribution is 2.05. The molecule has 0 radical (unpaired) electrons. The summed E-state index contributed by atoms with van der Waals surface area (Å²) in [6, 6.07) is 10.3. The van der Waals surface area contributed by atoms with Crippen molar-refractivity contribution in [2.75, 3.05) is 6.61 Å². The minimum atomic E-state index is -0.328. The second kappa shape index (κ2) is 6.88. The van der Waals surface area contributed by atoms with Crippen LogP contribution < -0.4 is 5.32 Å². The Morgan fingerprint density at radius 1 is 1.31 bits per heavy atom. The zero-order valence-corrected chi connectivity index (χ0v) is 9.90. The fourth-order valence-electron chi connectivity index (χ4n) is 1.54. The summed E-state index contributed by atoms with van der Waals surface area (Å²) < 4.78 is 4.86. The number of rotatable bonds is 5. The van der Waals surface area contributed by atoms with Crippen molar-refractivity contribution in [2.45, 2.75) is 32.7 Å². The first-order valence-electron chi connectivity index (χ1n) is 5.73. The van der Waals surface area contributed by atoms with Gasteiger partial charge in [-0.3, -0.25) is 0 Å². The molecule has 0 aliphatic heterocycles. The molecule has 0 unspecified atom stereocenters. The molecular formula is C13H19NO2. The first kappa shape index (κ1) is 12.6. The molecule has 16 heavy (non-hydrogen) atoms. The van der Waals surface area contributed by atoms with Gasteiger partial charge in [-0.15, -0.1) is 0 Å². The van der Waals surface area contributed by atoms with Gasteiger partial charge in [0.05, 0.1) is 6.61 Å². The standard InChI is InChI=1S/C13H19NO2/c1-3-12(14-13(15)16-4-2)10-11-8-6-5-7-9-11/h5-9,12H,3-4,10H2,1-2H3,(H,14,15)/t12-/m0/s1. The van der Waals surface area contributed by atoms with E-state index in [1.807, 2.05) is 18.2 Å². The average Bonchev–Trinajstić information content (AvgIpc) is 2.30. The van der Waals surface area contributed by atoms with Crippen molar-refractivity contribution < 1.29 is 9.53 Å². The van der Waals surface area contributed by atoms with E-state index >= 15 is 0 Å². The molecule has 0 heterocycles. The number of hydrogen-bond donors (Lipinski definition) is 1. The van der Waals surface area contributed by atoms with Gasteiger partial charge in [0.25, 0.3) is 0 Å². The normalized spacial score (nSPS) is 11.9. The Bertz CT molecular complexity index is 311. The van der Waals surface area contributed by atoms with E-state index in [9.17, 15) is 4.79 Å². The van der Waals surface area contributed by atoms with Crippen LogP contribution in [0.1, 0.15) is 25.8 Å². The fraction of sp³-hybridized carbons (Fsp3) is 0.462. The molecule has 0 bridgehead atoms. The van der Waals surface area contributed by atoms with Gasteiger partial charge in [0.15, 0.2) is 0 Å². The van der Waals surface area contributed by atoms with E-state index in [4.69, 9.17) is 4.74 Å². The number of benzene rings is 1. The number of nitrogens with one attached hydrogen (secondary N) is 1. The Balaban J connectivity index is 2.46. The lowest BCUT2D eigenvalue weighted by Crippen LogP contribution is -2.36. The predicted octanol–water partition coefficient (Wildman–Crippen LogP) is 2.75. The van der Waals surface area contributed by atoms with Crippen molar-refractivity contribution in [3.05, 3.63) is 35.9 Å². The molecule has 88 valence electrons. The molecule has 0 spiro atoms. The van der Waals surface area contributed by atoms with Crippen LogP contribution in [-0.2, 0) is 11.2 Å². The highest BCUT2D eigenvalue weighted by molar-refractivity contribution is 5.67. The molecule has 0 aliphatic rings. The molecule has 0 saturated carbocycles. The van der Waals surface area contributed by atoms with E-state index in [-0.39, 0.29) is 12.1 Å². The van der Waals surface area contributed by atoms with Crippen LogP contribution in [0.4, 0.5) is 4.79 Å². The van der Waals surface area contributed by atoms with Crippen LogP contribution >= 0.6 is 0 Å². The van der Waals surface area contributed by atoms with E-state index in [1.54, 1.807) is 6.92 Å². The van der Waals surface area contributed by atoms with Crippen LogP contribution in [0.15, 0.2) is 30.3 Å². The molecule has 1 amide bonds. The van der Waals surface area contributed by atoms with E-state index in [0.717, 1.165) is 12.8 Å². The van der Waals surface area contributed by atoms with Gasteiger partial charge < -0.3 is 10.1 Å². The summed E-state index contributed by atoms with van der Waals surface area (Å²) in [5.41, 5.74) is 1.23. The zero-order chi connectivity index (χ0) is 11.8. The third-order valence-electron chi connectivity index (χ3n) is 2.42. The highest BCUT2D eigenvalue weighted by atomic mass is 16.5. The Morgan fingerprint density at radius 2 is 2.00 bits per heavy atom. The minimum absolute atomic E-state index is 0.140. The molecule has 1 atom stereocenters. The van der Waals surface area contributed by atoms with Crippen LogP contribution in [0.2, 0.25) is 0 Å². The number of alkyl carbamates (subject to hydrolysis) is 1. The van der Waals surface area contributed by atoms with Crippen LogP contribution in [-0.4, -0.2) is 18.7 Å². The summed E-state index contributed by atoms with van der Waals surface area (Å²) in [6.45, 7) is 4.27. The number of carbonyl (C=O) groups excluding carboxylic acids is 1. The second-order valence-electron chi connectivity index (χ2n) is 3.66. The monoisotopic (exact) mass is 221 g/mol. The highest BCUT2D eigenvalue weighted by Gasteiger charge is 2.11. The summed E-state index contributed by atoms with van der Waals surface area (Å²) in [5, 5.41) is 2.85. The first-order chi connectivity index (χ1) is 7.76. The molecule has 0 fully saturated rings. The fourth-order valence-corrected chi connectivity index (χ4v) is 1.54. The van der Waals surface area contributed by atoms with Gasteiger partial charge in [-0.1, -0.05) is 37.3 Å². The molecule has 0 aromatic heterocycles. The van der Waals surface area contributed by atoms with Crippen LogP contribution in [0.3, 0.4) is 0 Å². The van der Waals surface area contributed by atoms with Gasteiger partial charge >= 0.3 is 6.09 Å². The first-order valence-corrected chi connectivity index (χ1v) is 5.73. The van der Waals surface area contributed by atoms with Crippen LogP contribution in [0.5, 0.6) is 0 Å². The number of carbonyl (C=O) groups is 1. The Kier molecular flexibility index (Phi) is 5.40. The van der Waals surface area contributed by atoms with Crippen LogP contribution in [0, 0.1) is 0 Å². The van der Waals surface area contributed by atoms with Crippen molar-refractivity contribution in [1.29, 1.82) is 0 Å². The Hall–Kier alpha value is -1.51. The number of hydrogen-bond acceptors (Lipinski definition) is 2. The van der Waals surface area contributed by atoms with Crippen molar-refractivity contribution >= 4 is 6.09 Å². The van der Waals surface area contributed by atoms with Crippen molar-refractivity contribution in [3.63, 3.8) is 0 Å². The maximum atomic E-state index is 11.3. The molecule has 3 nitrogen and oxygen atoms in total. The maximum Gasteiger partial charge on any atom is 0.407 e. The van der Waals surface area contributed by atoms with Gasteiger partial charge in [-0.25, -0.2) is 4.79 Å². The quantitative estimate of drug-likeness (QED) is 0.830. The van der Waals surface area contributed by atoms with E-state index in [0.29, 0.717) is 6.61 Å². The van der Waals surface area contributed by atoms with Gasteiger partial charge in [0.2, 0.25) is 0 Å². The number of ether oxygens (including phenoxy) is 1. The molecule has 3 heteroatoms. The smallest absolute Gasteiger partial charge is 0.407 e. The SMILES string of the molecule is CCOC(=O)N[C@@H](CC)Cc1ccccc1. The molecule has 0 aliphatic carbocycles. The number of amides is 1. The molecule has 1 rings (SSSR count). The lowest BCUT2D eigenvalue weighted by atomic mass is 10.0. The molecule has 1 N–H and O–H groups in total. The minimum Gasteiger partial charge on any atom is -0.450 e. The molecule has 1 aromatic rings. The molecular weight excluding hydrogens is 202 g/mol. The average molecular weight is 221 g/mol. The van der Waals surface area contributed by atoms with Crippen LogP contribution in [0.25, 0.3) is 0 Å². The Morgan fingerprint density at radius 3 is 2.56 bits per heavy atom. The van der Waals surface area contributed by atoms with E-state index in [2.05, 4.69) is 24.4 Å². The van der Waals surface area contributed by atoms with Crippen molar-refractivity contribution in [1.82, 2.24) is 5.32 Å². The van der Waals surface area contributed by atoms with Crippen molar-refractivity contribution in [3.8, 4) is 0 Å². The van der Waals surface area contributed by atoms with E-state index < -0.39 is 0 Å². The van der Waals surface area contributed by atoms with Gasteiger partial charge in [-0.05, 0) is 25.3 Å². The second-order valence-corrected chi connectivity index (χ2v) is 3.66. The lowest BCUT2D eigenvalue weighted by molar-refractivity contribution is 0.147. The lowest BCUT2D eigenvalue weighted by Gasteiger charge is -2.16. The summed E-state index contributed by atoms with van der Waals surface area (Å²) >= 11 is 0. The third kappa shape index (κ3) is 4.34. The van der Waals surface area contributed by atoms with Crippen molar-refractivity contribution in [2.24, 2.45) is 0 Å². The van der Waals surface area contributed by atoms with E-state index in [1.165, 1.54) is 5.56 Å². The van der Waals surface area contributed by atoms with Gasteiger partial charge in [-0.2, -0.15) is 0 Å². The summed E-state index contributed by atoms with van der Waals surface area (Å²) in [5.74, 6) is 0. The molecule has 0 saturated heterocycles. The summed E-state index contributed by atoms with van der Waals surface area (Å²) in [6.07, 6.45) is 1.41. The predicted molar refractivity (Wildman–Crippen MR) is 64.4 cm³/mol.